The molecule has 1 amide bonds. The van der Waals surface area contributed by atoms with Gasteiger partial charge < -0.3 is 10.1 Å². The number of anilines is 2. The molecule has 8 heteroatoms. The summed E-state index contributed by atoms with van der Waals surface area (Å²) in [6.07, 6.45) is 0. The Bertz CT molecular complexity index is 917. The van der Waals surface area contributed by atoms with Crippen LogP contribution in [0.3, 0.4) is 0 Å². The molecule has 2 aromatic carbocycles. The summed E-state index contributed by atoms with van der Waals surface area (Å²) >= 11 is 0. The maximum atomic E-state index is 12.5. The topological polar surface area (TPSA) is 108 Å². The second-order valence-corrected chi connectivity index (χ2v) is 6.49. The molecule has 0 heterocycles. The number of nitrogens with one attached hydrogen (secondary N) is 2. The zero-order chi connectivity index (χ0) is 17.7. The average molecular weight is 345 g/mol. The van der Waals surface area contributed by atoms with Crippen LogP contribution in [0.1, 0.15) is 12.5 Å². The smallest absolute Gasteiger partial charge is 0.262 e. The third kappa shape index (κ3) is 3.83. The standard InChI is InChI=1S/C16H15N3O4S/c1-11(20)18-15-8-7-13(9-16(15)23-2)24(21,22)19-14-6-4-3-5-12(14)10-17/h3-9,19H,1-2H3,(H,18,20). The molecule has 0 bridgehead atoms. The summed E-state index contributed by atoms with van der Waals surface area (Å²) in [4.78, 5) is 11.1. The molecule has 2 N–H and O–H groups in total. The van der Waals surface area contributed by atoms with Crippen LogP contribution in [0.25, 0.3) is 0 Å². The third-order valence-electron chi connectivity index (χ3n) is 3.09. The van der Waals surface area contributed by atoms with Gasteiger partial charge in [0.05, 0.1) is 28.9 Å². The predicted octanol–water partition coefficient (Wildman–Crippen LogP) is 2.33. The van der Waals surface area contributed by atoms with Gasteiger partial charge in [0.2, 0.25) is 5.91 Å². The highest BCUT2D eigenvalue weighted by Gasteiger charge is 2.18. The van der Waals surface area contributed by atoms with Gasteiger partial charge >= 0.3 is 0 Å². The summed E-state index contributed by atoms with van der Waals surface area (Å²) < 4.78 is 32.5. The van der Waals surface area contributed by atoms with Gasteiger partial charge in [0, 0.05) is 13.0 Å². The summed E-state index contributed by atoms with van der Waals surface area (Å²) in [5.74, 6) is -0.0911. The van der Waals surface area contributed by atoms with Crippen molar-refractivity contribution < 1.29 is 17.9 Å². The first kappa shape index (κ1) is 17.3. The molecule has 0 aliphatic carbocycles. The molecule has 0 saturated heterocycles. The molecule has 0 aromatic heterocycles. The maximum absolute atomic E-state index is 12.5. The fourth-order valence-electron chi connectivity index (χ4n) is 2.00. The number of sulfonamides is 1. The molecule has 24 heavy (non-hydrogen) atoms. The zero-order valence-electron chi connectivity index (χ0n) is 13.0. The highest BCUT2D eigenvalue weighted by Crippen LogP contribution is 2.29. The van der Waals surface area contributed by atoms with Crippen LogP contribution in [0.2, 0.25) is 0 Å². The van der Waals surface area contributed by atoms with E-state index in [1.54, 1.807) is 12.1 Å². The van der Waals surface area contributed by atoms with E-state index in [0.29, 0.717) is 5.69 Å². The molecule has 0 radical (unpaired) electrons. The molecule has 0 aliphatic rings. The van der Waals surface area contributed by atoms with E-state index in [4.69, 9.17) is 10.00 Å². The lowest BCUT2D eigenvalue weighted by molar-refractivity contribution is -0.114. The predicted molar refractivity (Wildman–Crippen MR) is 89.3 cm³/mol. The van der Waals surface area contributed by atoms with E-state index in [1.165, 1.54) is 44.4 Å². The summed E-state index contributed by atoms with van der Waals surface area (Å²) in [6.45, 7) is 1.34. The van der Waals surface area contributed by atoms with Crippen LogP contribution in [0.5, 0.6) is 5.75 Å². The molecule has 124 valence electrons. The van der Waals surface area contributed by atoms with Gasteiger partial charge in [0.15, 0.2) is 0 Å². The molecular weight excluding hydrogens is 330 g/mol. The number of nitriles is 1. The van der Waals surface area contributed by atoms with Crippen molar-refractivity contribution in [2.45, 2.75) is 11.8 Å². The Labute approximate surface area is 139 Å². The number of methoxy groups -OCH3 is 1. The molecule has 2 aromatic rings. The van der Waals surface area contributed by atoms with E-state index in [2.05, 4.69) is 10.0 Å². The van der Waals surface area contributed by atoms with Crippen molar-refractivity contribution in [1.82, 2.24) is 0 Å². The lowest BCUT2D eigenvalue weighted by Crippen LogP contribution is -2.14. The number of carbonyl (C=O) groups excluding carboxylic acids is 1. The van der Waals surface area contributed by atoms with Gasteiger partial charge in [-0.1, -0.05) is 12.1 Å². The molecule has 0 atom stereocenters. The Hall–Kier alpha value is -3.05. The van der Waals surface area contributed by atoms with Gasteiger partial charge in [-0.2, -0.15) is 5.26 Å². The van der Waals surface area contributed by atoms with Crippen molar-refractivity contribution in [2.75, 3.05) is 17.1 Å². The van der Waals surface area contributed by atoms with Crippen molar-refractivity contribution in [3.8, 4) is 11.8 Å². The number of carbonyl (C=O) groups is 1. The van der Waals surface area contributed by atoms with Crippen LogP contribution < -0.4 is 14.8 Å². The van der Waals surface area contributed by atoms with Crippen molar-refractivity contribution in [1.29, 1.82) is 5.26 Å². The van der Waals surface area contributed by atoms with E-state index in [9.17, 15) is 13.2 Å². The summed E-state index contributed by atoms with van der Waals surface area (Å²) in [6, 6.07) is 12.3. The number of hydrogen-bond donors (Lipinski definition) is 2. The van der Waals surface area contributed by atoms with Crippen LogP contribution >= 0.6 is 0 Å². The number of hydrogen-bond acceptors (Lipinski definition) is 5. The average Bonchev–Trinajstić information content (AvgIpc) is 2.54. The Kier molecular flexibility index (Phi) is 5.06. The Morgan fingerprint density at radius 3 is 2.50 bits per heavy atom. The minimum Gasteiger partial charge on any atom is -0.495 e. The second-order valence-electron chi connectivity index (χ2n) is 4.81. The molecule has 0 unspecified atom stereocenters. The Morgan fingerprint density at radius 1 is 1.17 bits per heavy atom. The molecule has 0 spiro atoms. The van der Waals surface area contributed by atoms with Gasteiger partial charge in [0.25, 0.3) is 10.0 Å². The quantitative estimate of drug-likeness (QED) is 0.864. The third-order valence-corrected chi connectivity index (χ3v) is 4.45. The van der Waals surface area contributed by atoms with Crippen LogP contribution in [0.15, 0.2) is 47.4 Å². The van der Waals surface area contributed by atoms with Crippen LogP contribution in [0, 0.1) is 11.3 Å². The highest BCUT2D eigenvalue weighted by molar-refractivity contribution is 7.92. The molecule has 0 saturated carbocycles. The van der Waals surface area contributed by atoms with Gasteiger partial charge in [-0.05, 0) is 24.3 Å². The molecule has 0 aliphatic heterocycles. The fraction of sp³-hybridized carbons (Fsp3) is 0.125. The summed E-state index contributed by atoms with van der Waals surface area (Å²) in [5.41, 5.74) is 0.759. The molecular formula is C16H15N3O4S. The number of benzene rings is 2. The van der Waals surface area contributed by atoms with Crippen molar-refractivity contribution in [3.05, 3.63) is 48.0 Å². The summed E-state index contributed by atoms with van der Waals surface area (Å²) in [7, 11) is -2.55. The number of rotatable bonds is 5. The monoisotopic (exact) mass is 345 g/mol. The second kappa shape index (κ2) is 7.02. The Morgan fingerprint density at radius 2 is 1.88 bits per heavy atom. The first-order valence-electron chi connectivity index (χ1n) is 6.85. The van der Waals surface area contributed by atoms with E-state index >= 15 is 0 Å². The Balaban J connectivity index is 2.39. The molecule has 2 rings (SSSR count). The van der Waals surface area contributed by atoms with E-state index in [0.717, 1.165) is 0 Å². The molecule has 0 fully saturated rings. The maximum Gasteiger partial charge on any atom is 0.262 e. The summed E-state index contributed by atoms with van der Waals surface area (Å²) in [5, 5.41) is 11.6. The normalized spacial score (nSPS) is 10.5. The first-order valence-corrected chi connectivity index (χ1v) is 8.33. The largest absolute Gasteiger partial charge is 0.495 e. The van der Waals surface area contributed by atoms with Crippen molar-refractivity contribution in [3.63, 3.8) is 0 Å². The van der Waals surface area contributed by atoms with Crippen LogP contribution in [-0.4, -0.2) is 21.4 Å². The van der Waals surface area contributed by atoms with Crippen molar-refractivity contribution >= 4 is 27.3 Å². The molecule has 7 nitrogen and oxygen atoms in total. The van der Waals surface area contributed by atoms with E-state index in [1.807, 2.05) is 6.07 Å². The zero-order valence-corrected chi connectivity index (χ0v) is 13.8. The minimum absolute atomic E-state index is 0.0544. The SMILES string of the molecule is COc1cc(S(=O)(=O)Nc2ccccc2C#N)ccc1NC(C)=O. The minimum atomic E-state index is -3.92. The number of para-hydroxylation sites is 1. The van der Waals surface area contributed by atoms with Gasteiger partial charge in [-0.15, -0.1) is 0 Å². The van der Waals surface area contributed by atoms with Crippen LogP contribution in [0.4, 0.5) is 11.4 Å². The van der Waals surface area contributed by atoms with Gasteiger partial charge in [-0.25, -0.2) is 8.42 Å². The fourth-order valence-corrected chi connectivity index (χ4v) is 3.10. The van der Waals surface area contributed by atoms with Crippen LogP contribution in [-0.2, 0) is 14.8 Å². The lowest BCUT2D eigenvalue weighted by Gasteiger charge is -2.13. The lowest BCUT2D eigenvalue weighted by atomic mass is 10.2. The van der Waals surface area contributed by atoms with E-state index in [-0.39, 0.29) is 27.8 Å². The van der Waals surface area contributed by atoms with Crippen molar-refractivity contribution in [2.24, 2.45) is 0 Å². The first-order chi connectivity index (χ1) is 11.4. The number of ether oxygens (including phenoxy) is 1. The number of amides is 1. The van der Waals surface area contributed by atoms with Gasteiger partial charge in [-0.3, -0.25) is 9.52 Å². The number of nitrogens with zero attached hydrogens (tertiary/aromatic N) is 1. The highest BCUT2D eigenvalue weighted by atomic mass is 32.2. The van der Waals surface area contributed by atoms with Gasteiger partial charge in [0.1, 0.15) is 11.8 Å². The van der Waals surface area contributed by atoms with E-state index < -0.39 is 10.0 Å².